The number of aromatic nitrogens is 2. The molecule has 0 spiro atoms. The monoisotopic (exact) mass is 346 g/mol. The van der Waals surface area contributed by atoms with Gasteiger partial charge in [-0.1, -0.05) is 43.6 Å². The lowest BCUT2D eigenvalue weighted by Crippen LogP contribution is -2.26. The van der Waals surface area contributed by atoms with E-state index in [0.29, 0.717) is 35.7 Å². The van der Waals surface area contributed by atoms with Gasteiger partial charge in [-0.05, 0) is 37.0 Å². The first kappa shape index (κ1) is 18.2. The maximum absolute atomic E-state index is 12.2. The Balaban J connectivity index is 2.02. The van der Waals surface area contributed by atoms with Crippen LogP contribution in [0, 0.1) is 12.8 Å². The second kappa shape index (κ2) is 8.64. The minimum Gasteiger partial charge on any atom is -0.351 e. The Bertz CT molecular complexity index is 703. The van der Waals surface area contributed by atoms with Crippen LogP contribution in [-0.2, 0) is 6.54 Å². The second-order valence-corrected chi connectivity index (χ2v) is 6.51. The van der Waals surface area contributed by atoms with Gasteiger partial charge in [0.2, 0.25) is 5.95 Å². The number of halogens is 1. The van der Waals surface area contributed by atoms with E-state index in [9.17, 15) is 4.79 Å². The zero-order chi connectivity index (χ0) is 17.5. The van der Waals surface area contributed by atoms with E-state index in [2.05, 4.69) is 34.4 Å². The molecule has 1 aromatic carbocycles. The van der Waals surface area contributed by atoms with Crippen LogP contribution in [0.4, 0.5) is 5.95 Å². The van der Waals surface area contributed by atoms with Gasteiger partial charge in [-0.25, -0.2) is 9.97 Å². The molecule has 0 saturated carbocycles. The van der Waals surface area contributed by atoms with Crippen LogP contribution in [0.3, 0.4) is 0 Å². The van der Waals surface area contributed by atoms with Crippen molar-refractivity contribution in [1.82, 2.24) is 15.3 Å². The second-order valence-electron chi connectivity index (χ2n) is 6.10. The topological polar surface area (TPSA) is 66.9 Å². The van der Waals surface area contributed by atoms with E-state index < -0.39 is 0 Å². The number of nitrogens with zero attached hydrogens (tertiary/aromatic N) is 2. The lowest BCUT2D eigenvalue weighted by molar-refractivity contribution is 0.0947. The molecule has 128 valence electrons. The van der Waals surface area contributed by atoms with E-state index >= 15 is 0 Å². The van der Waals surface area contributed by atoms with Gasteiger partial charge in [0.1, 0.15) is 5.69 Å². The third-order valence-corrected chi connectivity index (χ3v) is 3.86. The molecule has 0 unspecified atom stereocenters. The molecule has 0 atom stereocenters. The summed E-state index contributed by atoms with van der Waals surface area (Å²) in [6.45, 7) is 7.22. The number of amides is 1. The van der Waals surface area contributed by atoms with Crippen molar-refractivity contribution in [2.45, 2.75) is 33.7 Å². The molecule has 0 fully saturated rings. The summed E-state index contributed by atoms with van der Waals surface area (Å²) in [6.07, 6.45) is 0.938. The van der Waals surface area contributed by atoms with Crippen LogP contribution in [0.25, 0.3) is 0 Å². The highest BCUT2D eigenvalue weighted by Gasteiger charge is 2.11. The molecule has 6 heteroatoms. The van der Waals surface area contributed by atoms with Gasteiger partial charge < -0.3 is 10.6 Å². The standard InChI is InChI=1S/C18H23ClN4O/c1-12(2)8-9-20-17(24)16-10-13(3)22-18(23-16)21-11-14-6-4-5-7-15(14)19/h4-7,10,12H,8-9,11H2,1-3H3,(H,20,24)(H,21,22,23). The maximum Gasteiger partial charge on any atom is 0.270 e. The van der Waals surface area contributed by atoms with Crippen LogP contribution in [0.15, 0.2) is 30.3 Å². The molecule has 5 nitrogen and oxygen atoms in total. The summed E-state index contributed by atoms with van der Waals surface area (Å²) in [6, 6.07) is 9.27. The SMILES string of the molecule is Cc1cc(C(=O)NCCC(C)C)nc(NCc2ccccc2Cl)n1. The predicted molar refractivity (Wildman–Crippen MR) is 97.3 cm³/mol. The Labute approximate surface area is 147 Å². The molecule has 1 aromatic heterocycles. The van der Waals surface area contributed by atoms with Crippen molar-refractivity contribution in [3.63, 3.8) is 0 Å². The van der Waals surface area contributed by atoms with E-state index in [1.165, 1.54) is 0 Å². The molecule has 2 aromatic rings. The fourth-order valence-electron chi connectivity index (χ4n) is 2.14. The van der Waals surface area contributed by atoms with Crippen LogP contribution in [0.1, 0.15) is 42.0 Å². The number of hydrogen-bond acceptors (Lipinski definition) is 4. The van der Waals surface area contributed by atoms with Crippen molar-refractivity contribution in [2.24, 2.45) is 5.92 Å². The molecule has 2 rings (SSSR count). The van der Waals surface area contributed by atoms with E-state index in [0.717, 1.165) is 17.7 Å². The summed E-state index contributed by atoms with van der Waals surface area (Å²) in [5.41, 5.74) is 2.06. The summed E-state index contributed by atoms with van der Waals surface area (Å²) in [4.78, 5) is 20.8. The molecular formula is C18H23ClN4O. The van der Waals surface area contributed by atoms with Crippen LogP contribution in [0.5, 0.6) is 0 Å². The quantitative estimate of drug-likeness (QED) is 0.799. The number of nitrogens with one attached hydrogen (secondary N) is 2. The average molecular weight is 347 g/mol. The number of rotatable bonds is 7. The van der Waals surface area contributed by atoms with Crippen molar-refractivity contribution in [3.8, 4) is 0 Å². The van der Waals surface area contributed by atoms with E-state index in [1.807, 2.05) is 31.2 Å². The van der Waals surface area contributed by atoms with Gasteiger partial charge in [-0.3, -0.25) is 4.79 Å². The number of hydrogen-bond donors (Lipinski definition) is 2. The van der Waals surface area contributed by atoms with Crippen LogP contribution >= 0.6 is 11.6 Å². The molecule has 1 amide bonds. The summed E-state index contributed by atoms with van der Waals surface area (Å²) in [7, 11) is 0. The lowest BCUT2D eigenvalue weighted by atomic mass is 10.1. The van der Waals surface area contributed by atoms with Crippen molar-refractivity contribution < 1.29 is 4.79 Å². The Kier molecular flexibility index (Phi) is 6.55. The molecule has 0 aliphatic rings. The van der Waals surface area contributed by atoms with Crippen molar-refractivity contribution >= 4 is 23.5 Å². The third kappa shape index (κ3) is 5.49. The van der Waals surface area contributed by atoms with Gasteiger partial charge >= 0.3 is 0 Å². The zero-order valence-electron chi connectivity index (χ0n) is 14.3. The molecule has 2 N–H and O–H groups in total. The molecule has 0 radical (unpaired) electrons. The van der Waals surface area contributed by atoms with Crippen LogP contribution in [0.2, 0.25) is 5.02 Å². The van der Waals surface area contributed by atoms with Gasteiger partial charge in [0.05, 0.1) is 0 Å². The largest absolute Gasteiger partial charge is 0.351 e. The lowest BCUT2D eigenvalue weighted by Gasteiger charge is -2.10. The highest BCUT2D eigenvalue weighted by atomic mass is 35.5. The van der Waals surface area contributed by atoms with E-state index in [4.69, 9.17) is 11.6 Å². The number of carbonyl (C=O) groups excluding carboxylic acids is 1. The smallest absolute Gasteiger partial charge is 0.270 e. The average Bonchev–Trinajstić information content (AvgIpc) is 2.53. The Morgan fingerprint density at radius 3 is 2.71 bits per heavy atom. The Morgan fingerprint density at radius 2 is 2.00 bits per heavy atom. The zero-order valence-corrected chi connectivity index (χ0v) is 15.0. The van der Waals surface area contributed by atoms with Crippen LogP contribution < -0.4 is 10.6 Å². The first-order valence-electron chi connectivity index (χ1n) is 8.07. The molecule has 1 heterocycles. The normalized spacial score (nSPS) is 10.7. The van der Waals surface area contributed by atoms with Gasteiger partial charge in [0, 0.05) is 23.8 Å². The predicted octanol–water partition coefficient (Wildman–Crippen LogP) is 3.83. The number of benzene rings is 1. The van der Waals surface area contributed by atoms with E-state index in [-0.39, 0.29) is 5.91 Å². The summed E-state index contributed by atoms with van der Waals surface area (Å²) >= 11 is 6.14. The van der Waals surface area contributed by atoms with Gasteiger partial charge in [-0.15, -0.1) is 0 Å². The molecular weight excluding hydrogens is 324 g/mol. The number of anilines is 1. The fourth-order valence-corrected chi connectivity index (χ4v) is 2.35. The molecule has 24 heavy (non-hydrogen) atoms. The fraction of sp³-hybridized carbons (Fsp3) is 0.389. The third-order valence-electron chi connectivity index (χ3n) is 3.49. The Hall–Kier alpha value is -2.14. The first-order valence-corrected chi connectivity index (χ1v) is 8.44. The minimum absolute atomic E-state index is 0.179. The minimum atomic E-state index is -0.179. The van der Waals surface area contributed by atoms with Crippen molar-refractivity contribution in [1.29, 1.82) is 0 Å². The van der Waals surface area contributed by atoms with Gasteiger partial charge in [-0.2, -0.15) is 0 Å². The van der Waals surface area contributed by atoms with E-state index in [1.54, 1.807) is 6.07 Å². The summed E-state index contributed by atoms with van der Waals surface area (Å²) in [5.74, 6) is 0.788. The highest BCUT2D eigenvalue weighted by molar-refractivity contribution is 6.31. The van der Waals surface area contributed by atoms with Crippen LogP contribution in [-0.4, -0.2) is 22.4 Å². The number of aryl methyl sites for hydroxylation is 1. The molecule has 0 bridgehead atoms. The van der Waals surface area contributed by atoms with Gasteiger partial charge in [0.25, 0.3) is 5.91 Å². The highest BCUT2D eigenvalue weighted by Crippen LogP contribution is 2.16. The first-order chi connectivity index (χ1) is 11.5. The number of carbonyl (C=O) groups is 1. The van der Waals surface area contributed by atoms with Crippen molar-refractivity contribution in [3.05, 3.63) is 52.3 Å². The maximum atomic E-state index is 12.2. The molecule has 0 saturated heterocycles. The molecule has 0 aliphatic carbocycles. The summed E-state index contributed by atoms with van der Waals surface area (Å²) in [5, 5.41) is 6.70. The summed E-state index contributed by atoms with van der Waals surface area (Å²) < 4.78 is 0. The molecule has 0 aliphatic heterocycles. The van der Waals surface area contributed by atoms with Gasteiger partial charge in [0.15, 0.2) is 0 Å². The van der Waals surface area contributed by atoms with Crippen molar-refractivity contribution in [2.75, 3.05) is 11.9 Å². The Morgan fingerprint density at radius 1 is 1.25 bits per heavy atom.